The molecule has 0 amide bonds. The highest BCUT2D eigenvalue weighted by molar-refractivity contribution is 5.97. The van der Waals surface area contributed by atoms with Gasteiger partial charge in [-0.3, -0.25) is 4.79 Å². The van der Waals surface area contributed by atoms with Gasteiger partial charge < -0.3 is 9.47 Å². The van der Waals surface area contributed by atoms with E-state index < -0.39 is 0 Å². The molecule has 0 aromatic heterocycles. The van der Waals surface area contributed by atoms with Gasteiger partial charge in [-0.05, 0) is 42.9 Å². The molecule has 1 aromatic carbocycles. The number of rotatable bonds is 9. The van der Waals surface area contributed by atoms with Gasteiger partial charge in [0, 0.05) is 12.2 Å². The summed E-state index contributed by atoms with van der Waals surface area (Å²) >= 11 is 0. The van der Waals surface area contributed by atoms with E-state index in [1.54, 1.807) is 0 Å². The van der Waals surface area contributed by atoms with Crippen LogP contribution < -0.4 is 0 Å². The van der Waals surface area contributed by atoms with Crippen molar-refractivity contribution in [3.63, 3.8) is 0 Å². The molecule has 0 unspecified atom stereocenters. The lowest BCUT2D eigenvalue weighted by molar-refractivity contribution is 0.0432. The first-order valence-electron chi connectivity index (χ1n) is 7.61. The Bertz CT molecular complexity index is 440. The van der Waals surface area contributed by atoms with E-state index in [4.69, 9.17) is 9.47 Å². The minimum atomic E-state index is 0.0632. The number of benzene rings is 1. The normalized spacial score (nSPS) is 13.4. The van der Waals surface area contributed by atoms with Crippen molar-refractivity contribution in [2.24, 2.45) is 0 Å². The maximum Gasteiger partial charge on any atom is 0.188 e. The molecule has 0 heterocycles. The summed E-state index contributed by atoms with van der Waals surface area (Å²) in [4.78, 5) is 12.0. The number of fused-ring (bicyclic) bond motifs is 1. The Hall–Kier alpha value is -1.19. The molecule has 3 nitrogen and oxygen atoms in total. The Morgan fingerprint density at radius 3 is 2.75 bits per heavy atom. The second kappa shape index (κ2) is 8.18. The Kier molecular flexibility index (Phi) is 6.22. The molecule has 0 saturated heterocycles. The van der Waals surface area contributed by atoms with Crippen LogP contribution in [0.25, 0.3) is 0 Å². The van der Waals surface area contributed by atoms with Gasteiger partial charge in [0.2, 0.25) is 0 Å². The van der Waals surface area contributed by atoms with E-state index in [-0.39, 0.29) is 12.4 Å². The van der Waals surface area contributed by atoms with Crippen LogP contribution in [0.2, 0.25) is 0 Å². The number of aryl methyl sites for hydroxylation is 2. The molecule has 1 aliphatic rings. The number of carbonyl (C=O) groups excluding carboxylic acids is 1. The molecular formula is C17H24O3. The van der Waals surface area contributed by atoms with Crippen LogP contribution in [0.5, 0.6) is 0 Å². The second-order valence-corrected chi connectivity index (χ2v) is 5.28. The predicted molar refractivity (Wildman–Crippen MR) is 79.3 cm³/mol. The van der Waals surface area contributed by atoms with E-state index in [0.29, 0.717) is 13.2 Å². The summed E-state index contributed by atoms with van der Waals surface area (Å²) in [5, 5.41) is 0. The van der Waals surface area contributed by atoms with Gasteiger partial charge in [-0.1, -0.05) is 25.5 Å². The number of Topliss-reactive ketones (excluding diaryl/α,β-unsaturated/α-hetero) is 1. The number of unbranched alkanes of at least 4 members (excludes halogenated alkanes) is 1. The zero-order chi connectivity index (χ0) is 14.2. The fraction of sp³-hybridized carbons (Fsp3) is 0.588. The molecule has 1 aliphatic carbocycles. The van der Waals surface area contributed by atoms with Crippen LogP contribution in [0.4, 0.5) is 0 Å². The zero-order valence-electron chi connectivity index (χ0n) is 12.3. The average molecular weight is 276 g/mol. The molecule has 3 heteroatoms. The molecule has 0 bridgehead atoms. The first-order valence-corrected chi connectivity index (χ1v) is 7.61. The van der Waals surface area contributed by atoms with E-state index in [0.717, 1.165) is 37.9 Å². The highest BCUT2D eigenvalue weighted by atomic mass is 16.5. The zero-order valence-corrected chi connectivity index (χ0v) is 12.3. The lowest BCUT2D eigenvalue weighted by Crippen LogP contribution is -2.13. The molecule has 0 aliphatic heterocycles. The van der Waals surface area contributed by atoms with Crippen LogP contribution >= 0.6 is 0 Å². The van der Waals surface area contributed by atoms with Crippen molar-refractivity contribution in [1.82, 2.24) is 0 Å². The number of hydrogen-bond acceptors (Lipinski definition) is 3. The van der Waals surface area contributed by atoms with E-state index in [9.17, 15) is 4.79 Å². The SMILES string of the molecule is CCCCOCCOCC(=O)c1ccc2c(c1)CCC2. The van der Waals surface area contributed by atoms with Crippen molar-refractivity contribution in [3.8, 4) is 0 Å². The summed E-state index contributed by atoms with van der Waals surface area (Å²) in [6, 6.07) is 6.04. The van der Waals surface area contributed by atoms with Crippen molar-refractivity contribution < 1.29 is 14.3 Å². The molecule has 0 N–H and O–H groups in total. The maximum atomic E-state index is 12.0. The Labute approximate surface area is 121 Å². The van der Waals surface area contributed by atoms with Crippen LogP contribution in [-0.4, -0.2) is 32.2 Å². The van der Waals surface area contributed by atoms with Crippen molar-refractivity contribution in [1.29, 1.82) is 0 Å². The Balaban J connectivity index is 1.67. The monoisotopic (exact) mass is 276 g/mol. The molecule has 110 valence electrons. The second-order valence-electron chi connectivity index (χ2n) is 5.28. The van der Waals surface area contributed by atoms with Crippen molar-refractivity contribution in [2.45, 2.75) is 39.0 Å². The molecule has 0 radical (unpaired) electrons. The van der Waals surface area contributed by atoms with Crippen molar-refractivity contribution in [2.75, 3.05) is 26.4 Å². The number of carbonyl (C=O) groups is 1. The lowest BCUT2D eigenvalue weighted by atomic mass is 10.0. The molecule has 20 heavy (non-hydrogen) atoms. The summed E-state index contributed by atoms with van der Waals surface area (Å²) in [7, 11) is 0. The van der Waals surface area contributed by atoms with E-state index in [2.05, 4.69) is 13.0 Å². The third kappa shape index (κ3) is 4.43. The van der Waals surface area contributed by atoms with Crippen molar-refractivity contribution >= 4 is 5.78 Å². The molecule has 0 fully saturated rings. The van der Waals surface area contributed by atoms with E-state index in [1.165, 1.54) is 17.5 Å². The topological polar surface area (TPSA) is 35.5 Å². The largest absolute Gasteiger partial charge is 0.379 e. The fourth-order valence-corrected chi connectivity index (χ4v) is 2.46. The molecule has 1 aromatic rings. The van der Waals surface area contributed by atoms with Gasteiger partial charge in [-0.15, -0.1) is 0 Å². The van der Waals surface area contributed by atoms with Crippen LogP contribution in [0.15, 0.2) is 18.2 Å². The summed E-state index contributed by atoms with van der Waals surface area (Å²) in [5.41, 5.74) is 3.50. The van der Waals surface area contributed by atoms with Crippen LogP contribution in [0.3, 0.4) is 0 Å². The van der Waals surface area contributed by atoms with Crippen LogP contribution in [0.1, 0.15) is 47.7 Å². The lowest BCUT2D eigenvalue weighted by Gasteiger charge is -2.06. The maximum absolute atomic E-state index is 12.0. The highest BCUT2D eigenvalue weighted by Gasteiger charge is 2.13. The molecule has 2 rings (SSSR count). The predicted octanol–water partition coefficient (Wildman–Crippen LogP) is 3.19. The van der Waals surface area contributed by atoms with Gasteiger partial charge in [0.1, 0.15) is 6.61 Å². The molecular weight excluding hydrogens is 252 g/mol. The van der Waals surface area contributed by atoms with E-state index >= 15 is 0 Å². The molecule has 0 atom stereocenters. The number of ketones is 1. The molecule has 0 spiro atoms. The smallest absolute Gasteiger partial charge is 0.188 e. The van der Waals surface area contributed by atoms with Gasteiger partial charge in [0.25, 0.3) is 0 Å². The third-order valence-corrected chi connectivity index (χ3v) is 3.67. The number of hydrogen-bond donors (Lipinski definition) is 0. The van der Waals surface area contributed by atoms with Crippen LogP contribution in [0, 0.1) is 0 Å². The van der Waals surface area contributed by atoms with Gasteiger partial charge in [-0.25, -0.2) is 0 Å². The van der Waals surface area contributed by atoms with Crippen LogP contribution in [-0.2, 0) is 22.3 Å². The summed E-state index contributed by atoms with van der Waals surface area (Å²) < 4.78 is 10.8. The van der Waals surface area contributed by atoms with Gasteiger partial charge >= 0.3 is 0 Å². The van der Waals surface area contributed by atoms with Gasteiger partial charge in [0.15, 0.2) is 5.78 Å². The summed E-state index contributed by atoms with van der Waals surface area (Å²) in [6.07, 6.45) is 5.67. The van der Waals surface area contributed by atoms with Gasteiger partial charge in [0.05, 0.1) is 13.2 Å². The average Bonchev–Trinajstić information content (AvgIpc) is 2.93. The highest BCUT2D eigenvalue weighted by Crippen LogP contribution is 2.22. The number of ether oxygens (including phenoxy) is 2. The fourth-order valence-electron chi connectivity index (χ4n) is 2.46. The van der Waals surface area contributed by atoms with E-state index in [1.807, 2.05) is 12.1 Å². The quantitative estimate of drug-likeness (QED) is 0.513. The summed E-state index contributed by atoms with van der Waals surface area (Å²) in [6.45, 7) is 4.11. The van der Waals surface area contributed by atoms with Gasteiger partial charge in [-0.2, -0.15) is 0 Å². The van der Waals surface area contributed by atoms with Crippen molar-refractivity contribution in [3.05, 3.63) is 34.9 Å². The minimum absolute atomic E-state index is 0.0632. The Morgan fingerprint density at radius 2 is 1.90 bits per heavy atom. The first-order chi connectivity index (χ1) is 9.81. The standard InChI is InChI=1S/C17H24O3/c1-2-3-9-19-10-11-20-13-17(18)16-8-7-14-5-4-6-15(14)12-16/h7-8,12H,2-6,9-11,13H2,1H3. The first kappa shape index (κ1) is 15.2. The summed E-state index contributed by atoms with van der Waals surface area (Å²) in [5.74, 6) is 0.0632. The Morgan fingerprint density at radius 1 is 1.10 bits per heavy atom. The minimum Gasteiger partial charge on any atom is -0.379 e. The molecule has 0 saturated carbocycles. The third-order valence-electron chi connectivity index (χ3n) is 3.67.